The summed E-state index contributed by atoms with van der Waals surface area (Å²) in [7, 11) is 0. The molecule has 1 aromatic rings. The Morgan fingerprint density at radius 1 is 1.36 bits per heavy atom. The van der Waals surface area contributed by atoms with Gasteiger partial charge < -0.3 is 4.90 Å². The molecule has 0 aromatic carbocycles. The van der Waals surface area contributed by atoms with Crippen LogP contribution in [0, 0.1) is 0 Å². The van der Waals surface area contributed by atoms with E-state index in [-0.39, 0.29) is 11.8 Å². The molecule has 22 heavy (non-hydrogen) atoms. The standard InChI is InChI=1S/C15H16N2O2S3/c18-13(16-6-1-2-7-16)5-8-17-14(19)12(22-15(17)20)10-11-4-3-9-21-11/h3-4,9-10H,1-2,5-8H2/b12-10-. The van der Waals surface area contributed by atoms with E-state index in [4.69, 9.17) is 12.2 Å². The highest BCUT2D eigenvalue weighted by Crippen LogP contribution is 2.33. The van der Waals surface area contributed by atoms with Gasteiger partial charge in [0.05, 0.1) is 4.91 Å². The molecule has 0 bridgehead atoms. The highest BCUT2D eigenvalue weighted by Gasteiger charge is 2.32. The Balaban J connectivity index is 1.61. The maximum atomic E-state index is 12.4. The minimum Gasteiger partial charge on any atom is -0.343 e. The summed E-state index contributed by atoms with van der Waals surface area (Å²) in [6.45, 7) is 2.06. The lowest BCUT2D eigenvalue weighted by Gasteiger charge is -2.18. The predicted octanol–water partition coefficient (Wildman–Crippen LogP) is 2.96. The summed E-state index contributed by atoms with van der Waals surface area (Å²) in [5.41, 5.74) is 0. The van der Waals surface area contributed by atoms with Gasteiger partial charge in [0.25, 0.3) is 5.91 Å². The quantitative estimate of drug-likeness (QED) is 0.617. The van der Waals surface area contributed by atoms with Gasteiger partial charge in [0.15, 0.2) is 0 Å². The van der Waals surface area contributed by atoms with Crippen LogP contribution < -0.4 is 0 Å². The summed E-state index contributed by atoms with van der Waals surface area (Å²) in [6, 6.07) is 3.92. The van der Waals surface area contributed by atoms with Gasteiger partial charge in [-0.1, -0.05) is 30.0 Å². The van der Waals surface area contributed by atoms with Gasteiger partial charge in [0, 0.05) is 30.9 Å². The number of likely N-dealkylation sites (tertiary alicyclic amines) is 1. The largest absolute Gasteiger partial charge is 0.343 e. The van der Waals surface area contributed by atoms with Crippen LogP contribution >= 0.6 is 35.3 Å². The molecule has 2 aliphatic heterocycles. The number of thioether (sulfide) groups is 1. The van der Waals surface area contributed by atoms with Crippen LogP contribution in [0.5, 0.6) is 0 Å². The van der Waals surface area contributed by atoms with Crippen LogP contribution in [0.1, 0.15) is 24.1 Å². The van der Waals surface area contributed by atoms with E-state index in [0.717, 1.165) is 30.8 Å². The molecule has 2 amide bonds. The van der Waals surface area contributed by atoms with Crippen LogP contribution in [-0.4, -0.2) is 45.6 Å². The molecule has 2 aliphatic rings. The monoisotopic (exact) mass is 352 g/mol. The molecule has 3 rings (SSSR count). The molecule has 3 heterocycles. The van der Waals surface area contributed by atoms with Crippen LogP contribution in [0.3, 0.4) is 0 Å². The number of carbonyl (C=O) groups excluding carboxylic acids is 2. The Morgan fingerprint density at radius 2 is 2.14 bits per heavy atom. The highest BCUT2D eigenvalue weighted by molar-refractivity contribution is 8.26. The third-order valence-corrected chi connectivity index (χ3v) is 5.90. The zero-order valence-electron chi connectivity index (χ0n) is 12.0. The molecule has 0 atom stereocenters. The number of hydrogen-bond acceptors (Lipinski definition) is 5. The van der Waals surface area contributed by atoms with Crippen molar-refractivity contribution in [1.82, 2.24) is 9.80 Å². The van der Waals surface area contributed by atoms with E-state index >= 15 is 0 Å². The molecule has 2 saturated heterocycles. The van der Waals surface area contributed by atoms with Gasteiger partial charge in [0.1, 0.15) is 4.32 Å². The molecular weight excluding hydrogens is 336 g/mol. The van der Waals surface area contributed by atoms with Crippen molar-refractivity contribution in [2.45, 2.75) is 19.3 Å². The van der Waals surface area contributed by atoms with E-state index in [2.05, 4.69) is 0 Å². The Hall–Kier alpha value is -1.18. The van der Waals surface area contributed by atoms with E-state index in [1.165, 1.54) is 11.8 Å². The highest BCUT2D eigenvalue weighted by atomic mass is 32.2. The lowest BCUT2D eigenvalue weighted by molar-refractivity contribution is -0.130. The summed E-state index contributed by atoms with van der Waals surface area (Å²) in [4.78, 5) is 29.6. The van der Waals surface area contributed by atoms with Gasteiger partial charge in [-0.3, -0.25) is 14.5 Å². The van der Waals surface area contributed by atoms with Gasteiger partial charge in [-0.15, -0.1) is 11.3 Å². The normalized spacial score (nSPS) is 20.5. The Bertz CT molecular complexity index is 619. The third kappa shape index (κ3) is 3.42. The van der Waals surface area contributed by atoms with E-state index in [9.17, 15) is 9.59 Å². The number of amides is 2. The van der Waals surface area contributed by atoms with Crippen molar-refractivity contribution in [3.05, 3.63) is 27.3 Å². The Morgan fingerprint density at radius 3 is 2.82 bits per heavy atom. The average Bonchev–Trinajstić information content (AvgIpc) is 3.22. The van der Waals surface area contributed by atoms with Crippen molar-refractivity contribution >= 4 is 57.5 Å². The summed E-state index contributed by atoms with van der Waals surface area (Å²) in [5, 5.41) is 1.97. The lowest BCUT2D eigenvalue weighted by Crippen LogP contribution is -2.34. The van der Waals surface area contributed by atoms with E-state index in [0.29, 0.717) is 22.2 Å². The minimum atomic E-state index is -0.0855. The number of carbonyl (C=O) groups is 2. The predicted molar refractivity (Wildman–Crippen MR) is 94.6 cm³/mol. The van der Waals surface area contributed by atoms with Gasteiger partial charge >= 0.3 is 0 Å². The first-order valence-electron chi connectivity index (χ1n) is 7.22. The van der Waals surface area contributed by atoms with Gasteiger partial charge in [-0.25, -0.2) is 0 Å². The van der Waals surface area contributed by atoms with Crippen molar-refractivity contribution < 1.29 is 9.59 Å². The molecule has 1 aromatic heterocycles. The third-order valence-electron chi connectivity index (χ3n) is 3.70. The van der Waals surface area contributed by atoms with Crippen molar-refractivity contribution in [1.29, 1.82) is 0 Å². The summed E-state index contributed by atoms with van der Waals surface area (Å²) < 4.78 is 0.544. The molecule has 0 radical (unpaired) electrons. The maximum absolute atomic E-state index is 12.4. The van der Waals surface area contributed by atoms with Crippen molar-refractivity contribution in [2.75, 3.05) is 19.6 Å². The SMILES string of the molecule is O=C(CCN1C(=O)/C(=C/c2cccs2)SC1=S)N1CCCC1. The molecule has 0 spiro atoms. The molecular formula is C15H16N2O2S3. The molecule has 0 N–H and O–H groups in total. The first kappa shape index (κ1) is 15.7. The fraction of sp³-hybridized carbons (Fsp3) is 0.400. The lowest BCUT2D eigenvalue weighted by atomic mass is 10.3. The van der Waals surface area contributed by atoms with Crippen LogP contribution in [0.25, 0.3) is 6.08 Å². The fourth-order valence-corrected chi connectivity index (χ4v) is 4.56. The fourth-order valence-electron chi connectivity index (χ4n) is 2.53. The number of rotatable bonds is 4. The second-order valence-electron chi connectivity index (χ2n) is 5.19. The zero-order chi connectivity index (χ0) is 15.5. The molecule has 2 fully saturated rings. The minimum absolute atomic E-state index is 0.0855. The van der Waals surface area contributed by atoms with Crippen molar-refractivity contribution in [3.8, 4) is 0 Å². The van der Waals surface area contributed by atoms with Gasteiger partial charge in [0.2, 0.25) is 5.91 Å². The molecule has 0 unspecified atom stereocenters. The second kappa shape index (κ2) is 6.93. The maximum Gasteiger partial charge on any atom is 0.266 e. The smallest absolute Gasteiger partial charge is 0.266 e. The van der Waals surface area contributed by atoms with Crippen LogP contribution in [0.15, 0.2) is 22.4 Å². The zero-order valence-corrected chi connectivity index (χ0v) is 14.4. The summed E-state index contributed by atoms with van der Waals surface area (Å²) in [6.07, 6.45) is 4.37. The van der Waals surface area contributed by atoms with Crippen molar-refractivity contribution in [3.63, 3.8) is 0 Å². The first-order valence-corrected chi connectivity index (χ1v) is 9.32. The van der Waals surface area contributed by atoms with Crippen LogP contribution in [0.2, 0.25) is 0 Å². The molecule has 0 aliphatic carbocycles. The summed E-state index contributed by atoms with van der Waals surface area (Å²) >= 11 is 8.18. The molecule has 116 valence electrons. The topological polar surface area (TPSA) is 40.6 Å². The van der Waals surface area contributed by atoms with E-state index < -0.39 is 0 Å². The number of thiocarbonyl (C=S) groups is 1. The van der Waals surface area contributed by atoms with Gasteiger partial charge in [-0.05, 0) is 30.4 Å². The van der Waals surface area contributed by atoms with Gasteiger partial charge in [-0.2, -0.15) is 0 Å². The number of hydrogen-bond donors (Lipinski definition) is 0. The second-order valence-corrected chi connectivity index (χ2v) is 7.84. The van der Waals surface area contributed by atoms with E-state index in [1.807, 2.05) is 28.5 Å². The molecule has 7 heteroatoms. The first-order chi connectivity index (χ1) is 10.6. The average molecular weight is 353 g/mol. The van der Waals surface area contributed by atoms with Crippen LogP contribution in [0.4, 0.5) is 0 Å². The molecule has 0 saturated carbocycles. The Labute approximate surface area is 143 Å². The molecule has 4 nitrogen and oxygen atoms in total. The number of nitrogens with zero attached hydrogens (tertiary/aromatic N) is 2. The number of thiophene rings is 1. The van der Waals surface area contributed by atoms with Crippen molar-refractivity contribution in [2.24, 2.45) is 0 Å². The van der Waals surface area contributed by atoms with E-state index in [1.54, 1.807) is 16.2 Å². The van der Waals surface area contributed by atoms with Crippen LogP contribution in [-0.2, 0) is 9.59 Å². The Kier molecular flexibility index (Phi) is 4.95. The summed E-state index contributed by atoms with van der Waals surface area (Å²) in [5.74, 6) is 0.0337.